The first kappa shape index (κ1) is 11.7. The maximum absolute atomic E-state index is 11.0. The Bertz CT molecular complexity index is 700. The van der Waals surface area contributed by atoms with Gasteiger partial charge in [0.25, 0.3) is 0 Å². The standard InChI is InChI=1S/C16H16BrNO/c17-13-7-3-5-11-12-6-4-9-16(19)8-1-2-10-18(14(11)13)15(12)16/h1-3,5,7,19H,4,6,8-10H2/t16-/m1/s1. The van der Waals surface area contributed by atoms with Gasteiger partial charge in [0.1, 0.15) is 5.60 Å². The minimum atomic E-state index is -0.668. The van der Waals surface area contributed by atoms with E-state index in [0.717, 1.165) is 42.4 Å². The fourth-order valence-electron chi connectivity index (χ4n) is 3.74. The van der Waals surface area contributed by atoms with Crippen molar-refractivity contribution in [3.05, 3.63) is 46.1 Å². The van der Waals surface area contributed by atoms with Crippen LogP contribution < -0.4 is 0 Å². The Balaban J connectivity index is 2.17. The fraction of sp³-hybridized carbons (Fsp3) is 0.375. The summed E-state index contributed by atoms with van der Waals surface area (Å²) in [5.41, 5.74) is 3.08. The molecule has 0 fully saturated rings. The lowest BCUT2D eigenvalue weighted by Crippen LogP contribution is -2.31. The van der Waals surface area contributed by atoms with Gasteiger partial charge in [-0.2, -0.15) is 0 Å². The van der Waals surface area contributed by atoms with Crippen molar-refractivity contribution < 1.29 is 5.11 Å². The first-order valence-electron chi connectivity index (χ1n) is 6.88. The van der Waals surface area contributed by atoms with E-state index in [2.05, 4.69) is 50.8 Å². The average molecular weight is 318 g/mol. The van der Waals surface area contributed by atoms with Gasteiger partial charge in [0, 0.05) is 16.4 Å². The largest absolute Gasteiger partial charge is 0.383 e. The summed E-state index contributed by atoms with van der Waals surface area (Å²) in [5.74, 6) is 0. The Morgan fingerprint density at radius 3 is 3.05 bits per heavy atom. The Morgan fingerprint density at radius 1 is 1.26 bits per heavy atom. The minimum absolute atomic E-state index is 0.668. The molecule has 0 radical (unpaired) electrons. The molecule has 2 heterocycles. The van der Waals surface area contributed by atoms with Crippen molar-refractivity contribution in [3.63, 3.8) is 0 Å². The topological polar surface area (TPSA) is 25.2 Å². The summed E-state index contributed by atoms with van der Waals surface area (Å²) in [4.78, 5) is 0. The number of halogens is 1. The maximum atomic E-state index is 11.0. The minimum Gasteiger partial charge on any atom is -0.383 e. The molecule has 1 N–H and O–H groups in total. The number of benzene rings is 1. The van der Waals surface area contributed by atoms with E-state index in [9.17, 15) is 5.11 Å². The zero-order valence-corrected chi connectivity index (χ0v) is 12.3. The van der Waals surface area contributed by atoms with Crippen molar-refractivity contribution in [1.29, 1.82) is 0 Å². The summed E-state index contributed by atoms with van der Waals surface area (Å²) in [7, 11) is 0. The summed E-state index contributed by atoms with van der Waals surface area (Å²) in [6.45, 7) is 0.858. The van der Waals surface area contributed by atoms with Gasteiger partial charge in [0.15, 0.2) is 0 Å². The molecule has 0 spiro atoms. The quantitative estimate of drug-likeness (QED) is 0.733. The lowest BCUT2D eigenvalue weighted by atomic mass is 9.81. The molecule has 0 saturated heterocycles. The Hall–Kier alpha value is -1.06. The second-order valence-corrected chi connectivity index (χ2v) is 6.49. The molecule has 0 saturated carbocycles. The normalized spacial score (nSPS) is 25.4. The van der Waals surface area contributed by atoms with E-state index in [1.165, 1.54) is 16.5 Å². The summed E-state index contributed by atoms with van der Waals surface area (Å²) >= 11 is 3.68. The third-order valence-corrected chi connectivity index (χ3v) is 5.15. The van der Waals surface area contributed by atoms with Gasteiger partial charge in [-0.3, -0.25) is 0 Å². The fourth-order valence-corrected chi connectivity index (χ4v) is 4.32. The van der Waals surface area contributed by atoms with Crippen LogP contribution in [0.15, 0.2) is 34.8 Å². The first-order valence-corrected chi connectivity index (χ1v) is 7.67. The highest BCUT2D eigenvalue weighted by Crippen LogP contribution is 2.45. The highest BCUT2D eigenvalue weighted by Gasteiger charge is 2.39. The van der Waals surface area contributed by atoms with E-state index in [4.69, 9.17) is 0 Å². The predicted octanol–water partition coefficient (Wildman–Crippen LogP) is 3.89. The zero-order chi connectivity index (χ0) is 13.0. The monoisotopic (exact) mass is 317 g/mol. The Morgan fingerprint density at radius 2 is 2.16 bits per heavy atom. The lowest BCUT2D eigenvalue weighted by molar-refractivity contribution is 0.0160. The van der Waals surface area contributed by atoms with Crippen molar-refractivity contribution in [3.8, 4) is 0 Å². The van der Waals surface area contributed by atoms with E-state index in [0.29, 0.717) is 0 Å². The van der Waals surface area contributed by atoms with E-state index in [1.807, 2.05) is 0 Å². The highest BCUT2D eigenvalue weighted by atomic mass is 79.9. The highest BCUT2D eigenvalue weighted by molar-refractivity contribution is 9.10. The van der Waals surface area contributed by atoms with Crippen molar-refractivity contribution >= 4 is 26.8 Å². The molecule has 1 aromatic heterocycles. The summed E-state index contributed by atoms with van der Waals surface area (Å²) in [6.07, 6.45) is 8.08. The number of fused-ring (bicyclic) bond motifs is 3. The van der Waals surface area contributed by atoms with Crippen LogP contribution in [-0.2, 0) is 18.6 Å². The second kappa shape index (κ2) is 3.97. The van der Waals surface area contributed by atoms with Crippen LogP contribution in [0.3, 0.4) is 0 Å². The zero-order valence-electron chi connectivity index (χ0n) is 10.7. The van der Waals surface area contributed by atoms with Crippen LogP contribution in [0, 0.1) is 0 Å². The molecule has 0 unspecified atom stereocenters. The summed E-state index contributed by atoms with van der Waals surface area (Å²) < 4.78 is 3.43. The number of rotatable bonds is 0. The number of allylic oxidation sites excluding steroid dienone is 1. The van der Waals surface area contributed by atoms with Crippen molar-refractivity contribution in [1.82, 2.24) is 4.57 Å². The number of aromatic nitrogens is 1. The molecule has 1 aromatic carbocycles. The van der Waals surface area contributed by atoms with Crippen molar-refractivity contribution in [2.24, 2.45) is 0 Å². The molecule has 1 aliphatic heterocycles. The van der Waals surface area contributed by atoms with Crippen LogP contribution in [0.4, 0.5) is 0 Å². The molecule has 2 aliphatic rings. The van der Waals surface area contributed by atoms with Crippen LogP contribution in [-0.4, -0.2) is 9.67 Å². The number of aliphatic hydroxyl groups is 1. The molecule has 2 aromatic rings. The maximum Gasteiger partial charge on any atom is 0.108 e. The molecule has 2 nitrogen and oxygen atoms in total. The van der Waals surface area contributed by atoms with Gasteiger partial charge in [-0.25, -0.2) is 0 Å². The van der Waals surface area contributed by atoms with Crippen molar-refractivity contribution in [2.45, 2.75) is 37.8 Å². The summed E-state index contributed by atoms with van der Waals surface area (Å²) in [6, 6.07) is 6.36. The van der Waals surface area contributed by atoms with Crippen LogP contribution in [0.2, 0.25) is 0 Å². The molecule has 1 aliphatic carbocycles. The Kier molecular flexibility index (Phi) is 2.45. The van der Waals surface area contributed by atoms with Gasteiger partial charge in [-0.1, -0.05) is 24.3 Å². The third kappa shape index (κ3) is 1.52. The predicted molar refractivity (Wildman–Crippen MR) is 80.2 cm³/mol. The van der Waals surface area contributed by atoms with E-state index in [1.54, 1.807) is 0 Å². The van der Waals surface area contributed by atoms with Gasteiger partial charge >= 0.3 is 0 Å². The number of hydrogen-bond donors (Lipinski definition) is 1. The molecule has 3 heteroatoms. The van der Waals surface area contributed by atoms with Crippen molar-refractivity contribution in [2.75, 3.05) is 0 Å². The second-order valence-electron chi connectivity index (χ2n) is 5.63. The number of aryl methyl sites for hydroxylation is 1. The SMILES string of the molecule is O[C@@]12CC=CCn3c1c(c1cccc(Br)c13)CCC2. The molecule has 19 heavy (non-hydrogen) atoms. The summed E-state index contributed by atoms with van der Waals surface area (Å²) in [5, 5.41) is 12.4. The molecular weight excluding hydrogens is 302 g/mol. The van der Waals surface area contributed by atoms with Gasteiger partial charge < -0.3 is 9.67 Å². The van der Waals surface area contributed by atoms with E-state index >= 15 is 0 Å². The van der Waals surface area contributed by atoms with Gasteiger partial charge in [0.2, 0.25) is 0 Å². The lowest BCUT2D eigenvalue weighted by Gasteiger charge is -2.32. The molecular formula is C16H16BrNO. The van der Waals surface area contributed by atoms with Gasteiger partial charge in [-0.15, -0.1) is 0 Å². The average Bonchev–Trinajstić information content (AvgIpc) is 2.61. The van der Waals surface area contributed by atoms with Gasteiger partial charge in [-0.05, 0) is 53.2 Å². The number of hydrogen-bond acceptors (Lipinski definition) is 1. The molecule has 0 amide bonds. The molecule has 0 bridgehead atoms. The molecule has 4 rings (SSSR count). The van der Waals surface area contributed by atoms with Crippen LogP contribution in [0.25, 0.3) is 10.9 Å². The number of nitrogens with zero attached hydrogens (tertiary/aromatic N) is 1. The number of para-hydroxylation sites is 1. The van der Waals surface area contributed by atoms with Crippen LogP contribution in [0.1, 0.15) is 30.5 Å². The molecule has 1 atom stereocenters. The van der Waals surface area contributed by atoms with Crippen LogP contribution >= 0.6 is 15.9 Å². The smallest absolute Gasteiger partial charge is 0.108 e. The third-order valence-electron chi connectivity index (χ3n) is 4.51. The van der Waals surface area contributed by atoms with Gasteiger partial charge in [0.05, 0.1) is 11.2 Å². The Labute approximate surface area is 120 Å². The first-order chi connectivity index (χ1) is 9.21. The molecule has 98 valence electrons. The van der Waals surface area contributed by atoms with E-state index < -0.39 is 5.60 Å². The van der Waals surface area contributed by atoms with E-state index in [-0.39, 0.29) is 0 Å². The van der Waals surface area contributed by atoms with Crippen LogP contribution in [0.5, 0.6) is 0 Å².